The lowest BCUT2D eigenvalue weighted by Crippen LogP contribution is -1.89. The average molecular weight is 320 g/mol. The molecule has 1 N–H and O–H groups in total. The molecule has 0 spiro atoms. The number of carbonyl (C=O) groups is 1. The number of carboxylic acids is 1. The molecular formula is C10H8Br2O2. The van der Waals surface area contributed by atoms with Gasteiger partial charge in [-0.05, 0) is 23.8 Å². The summed E-state index contributed by atoms with van der Waals surface area (Å²) < 4.78 is 1.91. The number of hydrogen-bond acceptors (Lipinski definition) is 1. The number of rotatable bonds is 3. The van der Waals surface area contributed by atoms with Gasteiger partial charge in [-0.1, -0.05) is 44.0 Å². The Morgan fingerprint density at radius 3 is 2.79 bits per heavy atom. The normalized spacial score (nSPS) is 10.7. The first-order valence-electron chi connectivity index (χ1n) is 3.93. The third-order valence-corrected chi connectivity index (χ3v) is 2.76. The van der Waals surface area contributed by atoms with Crippen LogP contribution in [-0.4, -0.2) is 11.1 Å². The van der Waals surface area contributed by atoms with E-state index in [9.17, 15) is 4.79 Å². The van der Waals surface area contributed by atoms with E-state index in [-0.39, 0.29) is 6.42 Å². The molecular weight excluding hydrogens is 312 g/mol. The maximum Gasteiger partial charge on any atom is 0.307 e. The molecule has 0 aliphatic carbocycles. The van der Waals surface area contributed by atoms with Crippen LogP contribution in [0.2, 0.25) is 0 Å². The zero-order chi connectivity index (χ0) is 10.6. The molecule has 0 saturated carbocycles. The standard InChI is InChI=1S/C10H8Br2O2/c11-8-4-5-9(12)7(6-8)2-1-3-10(13)14/h1-2,4-6H,3H2,(H,13,14). The van der Waals surface area contributed by atoms with Gasteiger partial charge in [0.1, 0.15) is 0 Å². The predicted molar refractivity (Wildman–Crippen MR) is 63.1 cm³/mol. The summed E-state index contributed by atoms with van der Waals surface area (Å²) in [6, 6.07) is 5.74. The summed E-state index contributed by atoms with van der Waals surface area (Å²) in [5.74, 6) is -0.827. The molecule has 0 fully saturated rings. The quantitative estimate of drug-likeness (QED) is 0.922. The molecule has 1 rings (SSSR count). The van der Waals surface area contributed by atoms with Gasteiger partial charge in [0.15, 0.2) is 0 Å². The van der Waals surface area contributed by atoms with Crippen LogP contribution in [0.4, 0.5) is 0 Å². The molecule has 0 aromatic heterocycles. The number of aliphatic carboxylic acids is 1. The molecule has 74 valence electrons. The lowest BCUT2D eigenvalue weighted by Gasteiger charge is -1.98. The Morgan fingerprint density at radius 2 is 2.14 bits per heavy atom. The molecule has 1 aromatic rings. The van der Waals surface area contributed by atoms with Crippen LogP contribution in [0.25, 0.3) is 6.08 Å². The summed E-state index contributed by atoms with van der Waals surface area (Å²) >= 11 is 6.72. The van der Waals surface area contributed by atoms with Gasteiger partial charge in [-0.15, -0.1) is 0 Å². The molecule has 4 heteroatoms. The van der Waals surface area contributed by atoms with Crippen molar-refractivity contribution in [3.63, 3.8) is 0 Å². The Bertz CT molecular complexity index is 372. The first kappa shape index (κ1) is 11.5. The van der Waals surface area contributed by atoms with Crippen LogP contribution in [0.3, 0.4) is 0 Å². The number of benzene rings is 1. The largest absolute Gasteiger partial charge is 0.481 e. The van der Waals surface area contributed by atoms with Crippen molar-refractivity contribution in [2.75, 3.05) is 0 Å². The highest BCUT2D eigenvalue weighted by atomic mass is 79.9. The fraction of sp³-hybridized carbons (Fsp3) is 0.100. The Kier molecular flexibility index (Phi) is 4.35. The van der Waals surface area contributed by atoms with Crippen LogP contribution in [0.5, 0.6) is 0 Å². The van der Waals surface area contributed by atoms with E-state index in [4.69, 9.17) is 5.11 Å². The van der Waals surface area contributed by atoms with Gasteiger partial charge in [0, 0.05) is 8.95 Å². The third-order valence-electron chi connectivity index (χ3n) is 1.55. The van der Waals surface area contributed by atoms with E-state index < -0.39 is 5.97 Å². The molecule has 0 unspecified atom stereocenters. The van der Waals surface area contributed by atoms with Gasteiger partial charge in [-0.2, -0.15) is 0 Å². The smallest absolute Gasteiger partial charge is 0.307 e. The van der Waals surface area contributed by atoms with Gasteiger partial charge >= 0.3 is 5.97 Å². The van der Waals surface area contributed by atoms with E-state index in [1.165, 1.54) is 0 Å². The zero-order valence-corrected chi connectivity index (χ0v) is 10.4. The zero-order valence-electron chi connectivity index (χ0n) is 7.21. The molecule has 0 bridgehead atoms. The van der Waals surface area contributed by atoms with Gasteiger partial charge in [0.05, 0.1) is 6.42 Å². The summed E-state index contributed by atoms with van der Waals surface area (Å²) in [6.45, 7) is 0. The van der Waals surface area contributed by atoms with E-state index in [1.807, 2.05) is 18.2 Å². The van der Waals surface area contributed by atoms with Crippen molar-refractivity contribution in [2.24, 2.45) is 0 Å². The minimum absolute atomic E-state index is 0.0406. The molecule has 0 radical (unpaired) electrons. The Hall–Kier alpha value is -0.610. The van der Waals surface area contributed by atoms with Crippen LogP contribution in [0.1, 0.15) is 12.0 Å². The highest BCUT2D eigenvalue weighted by molar-refractivity contribution is 9.11. The Balaban J connectivity index is 2.80. The average Bonchev–Trinajstić information content (AvgIpc) is 2.10. The first-order chi connectivity index (χ1) is 6.59. The number of carboxylic acid groups (broad SMARTS) is 1. The van der Waals surface area contributed by atoms with Gasteiger partial charge in [0.25, 0.3) is 0 Å². The Labute approximate surface area is 98.9 Å². The second-order valence-corrected chi connectivity index (χ2v) is 4.44. The molecule has 0 aliphatic heterocycles. The van der Waals surface area contributed by atoms with Gasteiger partial charge in [-0.3, -0.25) is 4.79 Å². The van der Waals surface area contributed by atoms with Gasteiger partial charge in [0.2, 0.25) is 0 Å². The second kappa shape index (κ2) is 5.32. The fourth-order valence-electron chi connectivity index (χ4n) is 0.929. The van der Waals surface area contributed by atoms with E-state index in [0.29, 0.717) is 0 Å². The van der Waals surface area contributed by atoms with E-state index >= 15 is 0 Å². The van der Waals surface area contributed by atoms with Crippen LogP contribution < -0.4 is 0 Å². The fourth-order valence-corrected chi connectivity index (χ4v) is 1.69. The van der Waals surface area contributed by atoms with Gasteiger partial charge in [-0.25, -0.2) is 0 Å². The summed E-state index contributed by atoms with van der Waals surface area (Å²) in [5, 5.41) is 8.44. The van der Waals surface area contributed by atoms with Crippen molar-refractivity contribution < 1.29 is 9.90 Å². The topological polar surface area (TPSA) is 37.3 Å². The Morgan fingerprint density at radius 1 is 1.43 bits per heavy atom. The lowest BCUT2D eigenvalue weighted by molar-refractivity contribution is -0.135. The second-order valence-electron chi connectivity index (χ2n) is 2.67. The lowest BCUT2D eigenvalue weighted by atomic mass is 10.2. The molecule has 0 amide bonds. The molecule has 0 heterocycles. The molecule has 14 heavy (non-hydrogen) atoms. The number of halogens is 2. The van der Waals surface area contributed by atoms with Crippen LogP contribution in [0.15, 0.2) is 33.2 Å². The van der Waals surface area contributed by atoms with Crippen LogP contribution >= 0.6 is 31.9 Å². The molecule has 0 saturated heterocycles. The highest BCUT2D eigenvalue weighted by Crippen LogP contribution is 2.22. The molecule has 1 aromatic carbocycles. The minimum Gasteiger partial charge on any atom is -0.481 e. The summed E-state index contributed by atoms with van der Waals surface area (Å²) in [6.07, 6.45) is 3.44. The number of hydrogen-bond donors (Lipinski definition) is 1. The van der Waals surface area contributed by atoms with E-state index in [2.05, 4.69) is 31.9 Å². The molecule has 2 nitrogen and oxygen atoms in total. The monoisotopic (exact) mass is 318 g/mol. The van der Waals surface area contributed by atoms with Crippen molar-refractivity contribution in [1.29, 1.82) is 0 Å². The van der Waals surface area contributed by atoms with E-state index in [1.54, 1.807) is 12.2 Å². The molecule has 0 atom stereocenters. The van der Waals surface area contributed by atoms with Crippen molar-refractivity contribution in [3.05, 3.63) is 38.8 Å². The van der Waals surface area contributed by atoms with Crippen molar-refractivity contribution in [3.8, 4) is 0 Å². The first-order valence-corrected chi connectivity index (χ1v) is 5.51. The maximum absolute atomic E-state index is 10.3. The summed E-state index contributed by atoms with van der Waals surface area (Å²) in [5.41, 5.74) is 0.959. The molecule has 0 aliphatic rings. The SMILES string of the molecule is O=C(O)CC=Cc1cc(Br)ccc1Br. The van der Waals surface area contributed by atoms with Crippen molar-refractivity contribution in [1.82, 2.24) is 0 Å². The van der Waals surface area contributed by atoms with Gasteiger partial charge < -0.3 is 5.11 Å². The maximum atomic E-state index is 10.3. The third kappa shape index (κ3) is 3.64. The predicted octanol–water partition coefficient (Wildman–Crippen LogP) is 3.70. The summed E-state index contributed by atoms with van der Waals surface area (Å²) in [7, 11) is 0. The van der Waals surface area contributed by atoms with Crippen molar-refractivity contribution in [2.45, 2.75) is 6.42 Å². The van der Waals surface area contributed by atoms with E-state index in [0.717, 1.165) is 14.5 Å². The van der Waals surface area contributed by atoms with Crippen LogP contribution in [0, 0.1) is 0 Å². The minimum atomic E-state index is -0.827. The highest BCUT2D eigenvalue weighted by Gasteiger charge is 1.97. The van der Waals surface area contributed by atoms with Crippen LogP contribution in [-0.2, 0) is 4.79 Å². The van der Waals surface area contributed by atoms with Crippen molar-refractivity contribution >= 4 is 43.9 Å². The summed E-state index contributed by atoms with van der Waals surface area (Å²) in [4.78, 5) is 10.3.